The minimum Gasteiger partial charge on any atom is -0.359 e. The van der Waals surface area contributed by atoms with Gasteiger partial charge in [-0.1, -0.05) is 0 Å². The monoisotopic (exact) mass is 210 g/mol. The summed E-state index contributed by atoms with van der Waals surface area (Å²) in [7, 11) is 3.51. The molecule has 0 saturated heterocycles. The van der Waals surface area contributed by atoms with Crippen molar-refractivity contribution in [3.8, 4) is 0 Å². The van der Waals surface area contributed by atoms with Crippen LogP contribution in [0.1, 0.15) is 11.3 Å². The van der Waals surface area contributed by atoms with Gasteiger partial charge in [-0.3, -0.25) is 9.48 Å². The SMILES string of the molecule is CNC(=O)C(CN)Cc1cnn(C)c1C. The van der Waals surface area contributed by atoms with Crippen molar-refractivity contribution in [2.75, 3.05) is 13.6 Å². The number of hydrogen-bond donors (Lipinski definition) is 2. The van der Waals surface area contributed by atoms with Crippen LogP contribution in [0.4, 0.5) is 0 Å². The fourth-order valence-corrected chi connectivity index (χ4v) is 1.50. The van der Waals surface area contributed by atoms with Crippen LogP contribution in [0.25, 0.3) is 0 Å². The molecular formula is C10H18N4O. The molecule has 0 saturated carbocycles. The smallest absolute Gasteiger partial charge is 0.224 e. The van der Waals surface area contributed by atoms with Gasteiger partial charge in [0.05, 0.1) is 12.1 Å². The number of aromatic nitrogens is 2. The van der Waals surface area contributed by atoms with E-state index in [1.165, 1.54) is 0 Å². The highest BCUT2D eigenvalue weighted by Crippen LogP contribution is 2.11. The summed E-state index contributed by atoms with van der Waals surface area (Å²) in [4.78, 5) is 11.4. The molecule has 1 amide bonds. The zero-order valence-electron chi connectivity index (χ0n) is 9.45. The Morgan fingerprint density at radius 1 is 1.73 bits per heavy atom. The average molecular weight is 210 g/mol. The second-order valence-electron chi connectivity index (χ2n) is 3.63. The summed E-state index contributed by atoms with van der Waals surface area (Å²) >= 11 is 0. The zero-order chi connectivity index (χ0) is 11.4. The largest absolute Gasteiger partial charge is 0.359 e. The standard InChI is InChI=1S/C10H18N4O/c1-7-9(6-13-14(7)3)4-8(5-11)10(15)12-2/h6,8H,4-5,11H2,1-3H3,(H,12,15). The van der Waals surface area contributed by atoms with Crippen molar-refractivity contribution in [2.24, 2.45) is 18.7 Å². The Balaban J connectivity index is 2.75. The van der Waals surface area contributed by atoms with Crippen LogP contribution in [0.5, 0.6) is 0 Å². The molecule has 1 aromatic rings. The van der Waals surface area contributed by atoms with Crippen molar-refractivity contribution in [1.82, 2.24) is 15.1 Å². The van der Waals surface area contributed by atoms with E-state index in [1.54, 1.807) is 17.9 Å². The maximum atomic E-state index is 11.4. The Morgan fingerprint density at radius 2 is 2.40 bits per heavy atom. The molecule has 5 nitrogen and oxygen atoms in total. The third kappa shape index (κ3) is 2.56. The number of nitrogens with zero attached hydrogens (tertiary/aromatic N) is 2. The van der Waals surface area contributed by atoms with Gasteiger partial charge in [0.25, 0.3) is 0 Å². The molecule has 3 N–H and O–H groups in total. The van der Waals surface area contributed by atoms with E-state index in [1.807, 2.05) is 14.0 Å². The minimum atomic E-state index is -0.169. The molecule has 0 aliphatic carbocycles. The Bertz CT molecular complexity index is 345. The van der Waals surface area contributed by atoms with Gasteiger partial charge in [-0.2, -0.15) is 5.10 Å². The summed E-state index contributed by atoms with van der Waals surface area (Å²) in [6, 6.07) is 0. The fraction of sp³-hybridized carbons (Fsp3) is 0.600. The quantitative estimate of drug-likeness (QED) is 0.709. The molecule has 0 fully saturated rings. The van der Waals surface area contributed by atoms with E-state index >= 15 is 0 Å². The van der Waals surface area contributed by atoms with Gasteiger partial charge in [0, 0.05) is 26.3 Å². The second-order valence-corrected chi connectivity index (χ2v) is 3.63. The maximum absolute atomic E-state index is 11.4. The van der Waals surface area contributed by atoms with Crippen molar-refractivity contribution >= 4 is 5.91 Å². The van der Waals surface area contributed by atoms with Gasteiger partial charge in [-0.25, -0.2) is 0 Å². The number of nitrogens with two attached hydrogens (primary N) is 1. The molecule has 15 heavy (non-hydrogen) atoms. The van der Waals surface area contributed by atoms with E-state index in [9.17, 15) is 4.79 Å². The Labute approximate surface area is 89.6 Å². The highest BCUT2D eigenvalue weighted by Gasteiger charge is 2.17. The zero-order valence-corrected chi connectivity index (χ0v) is 9.45. The molecule has 84 valence electrons. The number of carbonyl (C=O) groups excluding carboxylic acids is 1. The predicted molar refractivity (Wildman–Crippen MR) is 58.3 cm³/mol. The van der Waals surface area contributed by atoms with Crippen molar-refractivity contribution < 1.29 is 4.79 Å². The number of carbonyl (C=O) groups is 1. The normalized spacial score (nSPS) is 12.5. The first-order valence-electron chi connectivity index (χ1n) is 4.99. The van der Waals surface area contributed by atoms with Crippen LogP contribution >= 0.6 is 0 Å². The highest BCUT2D eigenvalue weighted by molar-refractivity contribution is 5.78. The van der Waals surface area contributed by atoms with Crippen LogP contribution in [0.15, 0.2) is 6.20 Å². The number of nitrogens with one attached hydrogen (secondary N) is 1. The van der Waals surface area contributed by atoms with Gasteiger partial charge < -0.3 is 11.1 Å². The van der Waals surface area contributed by atoms with Crippen LogP contribution in [0.3, 0.4) is 0 Å². The molecule has 1 heterocycles. The van der Waals surface area contributed by atoms with Gasteiger partial charge >= 0.3 is 0 Å². The molecule has 1 unspecified atom stereocenters. The molecular weight excluding hydrogens is 192 g/mol. The third-order valence-corrected chi connectivity index (χ3v) is 2.70. The van der Waals surface area contributed by atoms with E-state index in [-0.39, 0.29) is 11.8 Å². The number of hydrogen-bond acceptors (Lipinski definition) is 3. The van der Waals surface area contributed by atoms with Crippen LogP contribution < -0.4 is 11.1 Å². The van der Waals surface area contributed by atoms with Crippen molar-refractivity contribution in [2.45, 2.75) is 13.3 Å². The van der Waals surface area contributed by atoms with Crippen LogP contribution in [-0.4, -0.2) is 29.3 Å². The molecule has 0 radical (unpaired) electrons. The van der Waals surface area contributed by atoms with Gasteiger partial charge in [0.1, 0.15) is 0 Å². The summed E-state index contributed by atoms with van der Waals surface area (Å²) in [6.07, 6.45) is 2.44. The van der Waals surface area contributed by atoms with Gasteiger partial charge in [-0.05, 0) is 18.9 Å². The summed E-state index contributed by atoms with van der Waals surface area (Å²) in [5.74, 6) is -0.182. The van der Waals surface area contributed by atoms with Crippen molar-refractivity contribution in [3.63, 3.8) is 0 Å². The lowest BCUT2D eigenvalue weighted by Gasteiger charge is -2.12. The average Bonchev–Trinajstić information content (AvgIpc) is 2.56. The van der Waals surface area contributed by atoms with E-state index in [4.69, 9.17) is 5.73 Å². The topological polar surface area (TPSA) is 72.9 Å². The summed E-state index contributed by atoms with van der Waals surface area (Å²) < 4.78 is 1.80. The second kappa shape index (κ2) is 4.93. The van der Waals surface area contributed by atoms with E-state index < -0.39 is 0 Å². The Kier molecular flexibility index (Phi) is 3.85. The predicted octanol–water partition coefficient (Wildman–Crippen LogP) is -0.408. The fourth-order valence-electron chi connectivity index (χ4n) is 1.50. The molecule has 5 heteroatoms. The molecule has 1 atom stereocenters. The minimum absolute atomic E-state index is 0.0132. The highest BCUT2D eigenvalue weighted by atomic mass is 16.1. The van der Waals surface area contributed by atoms with E-state index in [0.717, 1.165) is 11.3 Å². The first-order chi connectivity index (χ1) is 7.10. The van der Waals surface area contributed by atoms with Crippen molar-refractivity contribution in [3.05, 3.63) is 17.5 Å². The van der Waals surface area contributed by atoms with Crippen LogP contribution in [0.2, 0.25) is 0 Å². The number of rotatable bonds is 4. The lowest BCUT2D eigenvalue weighted by Crippen LogP contribution is -2.34. The van der Waals surface area contributed by atoms with Gasteiger partial charge in [-0.15, -0.1) is 0 Å². The molecule has 0 aliphatic rings. The van der Waals surface area contributed by atoms with Crippen molar-refractivity contribution in [1.29, 1.82) is 0 Å². The Morgan fingerprint density at radius 3 is 2.80 bits per heavy atom. The molecule has 1 rings (SSSR count). The molecule has 1 aromatic heterocycles. The molecule has 0 aliphatic heterocycles. The first-order valence-corrected chi connectivity index (χ1v) is 4.99. The lowest BCUT2D eigenvalue weighted by atomic mass is 9.99. The summed E-state index contributed by atoms with van der Waals surface area (Å²) in [5.41, 5.74) is 7.73. The van der Waals surface area contributed by atoms with E-state index in [2.05, 4.69) is 10.4 Å². The maximum Gasteiger partial charge on any atom is 0.224 e. The number of aryl methyl sites for hydroxylation is 1. The summed E-state index contributed by atoms with van der Waals surface area (Å²) in [6.45, 7) is 2.34. The summed E-state index contributed by atoms with van der Waals surface area (Å²) in [5, 5.41) is 6.75. The van der Waals surface area contributed by atoms with Gasteiger partial charge in [0.2, 0.25) is 5.91 Å². The third-order valence-electron chi connectivity index (χ3n) is 2.70. The van der Waals surface area contributed by atoms with Crippen LogP contribution in [-0.2, 0) is 18.3 Å². The molecule has 0 bridgehead atoms. The van der Waals surface area contributed by atoms with Gasteiger partial charge in [0.15, 0.2) is 0 Å². The molecule has 0 spiro atoms. The molecule has 0 aromatic carbocycles. The van der Waals surface area contributed by atoms with E-state index in [0.29, 0.717) is 13.0 Å². The lowest BCUT2D eigenvalue weighted by molar-refractivity contribution is -0.124. The Hall–Kier alpha value is -1.36. The first kappa shape index (κ1) is 11.7. The van der Waals surface area contributed by atoms with Crippen LogP contribution in [0, 0.1) is 12.8 Å². The number of amides is 1.